The van der Waals surface area contributed by atoms with Crippen molar-refractivity contribution in [1.82, 2.24) is 19.7 Å². The Hall–Kier alpha value is -2.73. The molecule has 0 unspecified atom stereocenters. The fourth-order valence-corrected chi connectivity index (χ4v) is 3.29. The van der Waals surface area contributed by atoms with Crippen LogP contribution in [-0.2, 0) is 11.2 Å². The van der Waals surface area contributed by atoms with Crippen LogP contribution in [0, 0.1) is 34.6 Å². The van der Waals surface area contributed by atoms with Crippen LogP contribution in [0.4, 0.5) is 5.69 Å². The third-order valence-electron chi connectivity index (χ3n) is 4.34. The highest BCUT2D eigenvalue weighted by molar-refractivity contribution is 6.33. The Morgan fingerprint density at radius 3 is 2.37 bits per heavy atom. The van der Waals surface area contributed by atoms with E-state index in [0.29, 0.717) is 16.7 Å². The number of rotatable bonds is 4. The lowest BCUT2D eigenvalue weighted by Crippen LogP contribution is -2.16. The molecule has 0 saturated carbocycles. The second-order valence-corrected chi connectivity index (χ2v) is 7.13. The SMILES string of the molecule is Cc1ccc(NC(=O)Cc2c(C)nn(-c3nc(C)cc(C)n3)c2C)c(Cl)c1. The number of benzene rings is 1. The molecule has 1 aromatic carbocycles. The number of anilines is 1. The highest BCUT2D eigenvalue weighted by Gasteiger charge is 2.18. The molecule has 140 valence electrons. The zero-order valence-corrected chi connectivity index (χ0v) is 16.8. The molecule has 1 amide bonds. The van der Waals surface area contributed by atoms with Gasteiger partial charge < -0.3 is 5.32 Å². The molecule has 2 aromatic heterocycles. The fraction of sp³-hybridized carbons (Fsp3) is 0.300. The molecule has 7 heteroatoms. The first-order valence-corrected chi connectivity index (χ1v) is 9.06. The first-order chi connectivity index (χ1) is 12.7. The lowest BCUT2D eigenvalue weighted by molar-refractivity contribution is -0.115. The van der Waals surface area contributed by atoms with E-state index in [4.69, 9.17) is 11.6 Å². The Kier molecular flexibility index (Phi) is 5.28. The molecule has 0 spiro atoms. The first kappa shape index (κ1) is 19.0. The van der Waals surface area contributed by atoms with Crippen molar-refractivity contribution < 1.29 is 4.79 Å². The molecular weight excluding hydrogens is 362 g/mol. The Bertz CT molecular complexity index is 1010. The molecule has 3 rings (SSSR count). The van der Waals surface area contributed by atoms with Crippen molar-refractivity contribution in [2.45, 2.75) is 41.0 Å². The van der Waals surface area contributed by atoms with Gasteiger partial charge in [-0.15, -0.1) is 0 Å². The molecule has 0 bridgehead atoms. The first-order valence-electron chi connectivity index (χ1n) is 8.68. The molecule has 0 fully saturated rings. The maximum Gasteiger partial charge on any atom is 0.251 e. The van der Waals surface area contributed by atoms with Gasteiger partial charge in [-0.25, -0.2) is 14.6 Å². The summed E-state index contributed by atoms with van der Waals surface area (Å²) in [5.74, 6) is 0.370. The minimum atomic E-state index is -0.146. The molecule has 3 aromatic rings. The molecule has 0 radical (unpaired) electrons. The number of carbonyl (C=O) groups excluding carboxylic acids is 1. The average Bonchev–Trinajstić information content (AvgIpc) is 2.85. The maximum absolute atomic E-state index is 12.5. The van der Waals surface area contributed by atoms with E-state index >= 15 is 0 Å². The summed E-state index contributed by atoms with van der Waals surface area (Å²) < 4.78 is 1.69. The van der Waals surface area contributed by atoms with Crippen molar-refractivity contribution in [2.24, 2.45) is 0 Å². The zero-order chi connectivity index (χ0) is 19.7. The summed E-state index contributed by atoms with van der Waals surface area (Å²) in [6.07, 6.45) is 0.201. The summed E-state index contributed by atoms with van der Waals surface area (Å²) in [5, 5.41) is 7.93. The second kappa shape index (κ2) is 7.48. The fourth-order valence-electron chi connectivity index (χ4n) is 3.00. The van der Waals surface area contributed by atoms with Crippen LogP contribution in [0.15, 0.2) is 24.3 Å². The molecule has 0 aliphatic carbocycles. The normalized spacial score (nSPS) is 10.9. The quantitative estimate of drug-likeness (QED) is 0.737. The number of nitrogens with one attached hydrogen (secondary N) is 1. The molecule has 1 N–H and O–H groups in total. The van der Waals surface area contributed by atoms with Gasteiger partial charge in [0.1, 0.15) is 0 Å². The van der Waals surface area contributed by atoms with Crippen LogP contribution < -0.4 is 5.32 Å². The van der Waals surface area contributed by atoms with E-state index in [1.807, 2.05) is 58.9 Å². The van der Waals surface area contributed by atoms with E-state index in [-0.39, 0.29) is 12.3 Å². The number of halogens is 1. The number of hydrogen-bond donors (Lipinski definition) is 1. The molecule has 2 heterocycles. The molecule has 6 nitrogen and oxygen atoms in total. The van der Waals surface area contributed by atoms with E-state index in [1.165, 1.54) is 0 Å². The van der Waals surface area contributed by atoms with Crippen molar-refractivity contribution in [3.63, 3.8) is 0 Å². The topological polar surface area (TPSA) is 72.7 Å². The van der Waals surface area contributed by atoms with Crippen LogP contribution in [0.5, 0.6) is 0 Å². The van der Waals surface area contributed by atoms with Crippen molar-refractivity contribution in [3.05, 3.63) is 63.2 Å². The smallest absolute Gasteiger partial charge is 0.251 e. The lowest BCUT2D eigenvalue weighted by Gasteiger charge is -2.09. The highest BCUT2D eigenvalue weighted by Crippen LogP contribution is 2.23. The lowest BCUT2D eigenvalue weighted by atomic mass is 10.1. The van der Waals surface area contributed by atoms with Crippen molar-refractivity contribution in [3.8, 4) is 5.95 Å². The Balaban J connectivity index is 1.85. The molecule has 0 atom stereocenters. The maximum atomic E-state index is 12.5. The zero-order valence-electron chi connectivity index (χ0n) is 16.1. The number of amides is 1. The molecule has 0 aliphatic heterocycles. The number of carbonyl (C=O) groups is 1. The van der Waals surface area contributed by atoms with Gasteiger partial charge in [-0.1, -0.05) is 17.7 Å². The van der Waals surface area contributed by atoms with E-state index in [9.17, 15) is 4.79 Å². The second-order valence-electron chi connectivity index (χ2n) is 6.72. The average molecular weight is 384 g/mol. The van der Waals surface area contributed by atoms with Crippen molar-refractivity contribution >= 4 is 23.2 Å². The standard InChI is InChI=1S/C20H22ClN5O/c1-11-6-7-18(17(21)8-11)24-19(27)10-16-14(4)25-26(15(16)5)20-22-12(2)9-13(3)23-20/h6-9H,10H2,1-5H3,(H,24,27). The summed E-state index contributed by atoms with van der Waals surface area (Å²) >= 11 is 6.21. The minimum absolute atomic E-state index is 0.146. The van der Waals surface area contributed by atoms with Gasteiger partial charge in [0.15, 0.2) is 0 Å². The third kappa shape index (κ3) is 4.17. The van der Waals surface area contributed by atoms with Crippen LogP contribution in [0.2, 0.25) is 5.02 Å². The van der Waals surface area contributed by atoms with E-state index in [0.717, 1.165) is 33.9 Å². The van der Waals surface area contributed by atoms with Crippen LogP contribution in [0.1, 0.15) is 33.9 Å². The van der Waals surface area contributed by atoms with Gasteiger partial charge in [0.05, 0.1) is 22.8 Å². The van der Waals surface area contributed by atoms with Crippen LogP contribution >= 0.6 is 11.6 Å². The number of aromatic nitrogens is 4. The predicted molar refractivity (Wildman–Crippen MR) is 107 cm³/mol. The van der Waals surface area contributed by atoms with E-state index < -0.39 is 0 Å². The summed E-state index contributed by atoms with van der Waals surface area (Å²) in [5.41, 5.74) is 5.88. The van der Waals surface area contributed by atoms with E-state index in [1.54, 1.807) is 4.68 Å². The highest BCUT2D eigenvalue weighted by atomic mass is 35.5. The van der Waals surface area contributed by atoms with Crippen LogP contribution in [0.25, 0.3) is 5.95 Å². The minimum Gasteiger partial charge on any atom is -0.324 e. The molecule has 27 heavy (non-hydrogen) atoms. The van der Waals surface area contributed by atoms with Crippen molar-refractivity contribution in [1.29, 1.82) is 0 Å². The third-order valence-corrected chi connectivity index (χ3v) is 4.65. The molecule has 0 saturated heterocycles. The Morgan fingerprint density at radius 2 is 1.74 bits per heavy atom. The Labute approximate surface area is 163 Å². The van der Waals surface area contributed by atoms with Gasteiger partial charge in [0.2, 0.25) is 5.91 Å². The van der Waals surface area contributed by atoms with Gasteiger partial charge in [-0.05, 0) is 58.4 Å². The van der Waals surface area contributed by atoms with Gasteiger partial charge in [-0.3, -0.25) is 4.79 Å². The Morgan fingerprint density at radius 1 is 1.07 bits per heavy atom. The number of aryl methyl sites for hydroxylation is 4. The van der Waals surface area contributed by atoms with Gasteiger partial charge in [0, 0.05) is 22.6 Å². The van der Waals surface area contributed by atoms with Crippen LogP contribution in [-0.4, -0.2) is 25.7 Å². The summed E-state index contributed by atoms with van der Waals surface area (Å²) in [7, 11) is 0. The molecular formula is C20H22ClN5O. The monoisotopic (exact) mass is 383 g/mol. The molecule has 0 aliphatic rings. The largest absolute Gasteiger partial charge is 0.324 e. The van der Waals surface area contributed by atoms with Gasteiger partial charge in [0.25, 0.3) is 5.95 Å². The van der Waals surface area contributed by atoms with E-state index in [2.05, 4.69) is 20.4 Å². The number of hydrogen-bond acceptors (Lipinski definition) is 4. The van der Waals surface area contributed by atoms with Gasteiger partial charge in [-0.2, -0.15) is 5.10 Å². The van der Waals surface area contributed by atoms with Crippen molar-refractivity contribution in [2.75, 3.05) is 5.32 Å². The van der Waals surface area contributed by atoms with Gasteiger partial charge >= 0.3 is 0 Å². The number of nitrogens with zero attached hydrogens (tertiary/aromatic N) is 4. The summed E-state index contributed by atoms with van der Waals surface area (Å²) in [6.45, 7) is 9.59. The predicted octanol–water partition coefficient (Wildman–Crippen LogP) is 4.04. The summed E-state index contributed by atoms with van der Waals surface area (Å²) in [4.78, 5) is 21.5. The summed E-state index contributed by atoms with van der Waals surface area (Å²) in [6, 6.07) is 7.45. The van der Waals surface area contributed by atoms with Crippen LogP contribution in [0.3, 0.4) is 0 Å².